The lowest BCUT2D eigenvalue weighted by molar-refractivity contribution is -0.234. The smallest absolute Gasteiger partial charge is 0.331 e. The molecule has 24 heavy (non-hydrogen) atoms. The Bertz CT molecular complexity index is 535. The van der Waals surface area contributed by atoms with Crippen molar-refractivity contribution in [3.63, 3.8) is 0 Å². The van der Waals surface area contributed by atoms with E-state index in [-0.39, 0.29) is 6.10 Å². The predicted octanol–water partition coefficient (Wildman–Crippen LogP) is 1.89. The van der Waals surface area contributed by atoms with E-state index >= 15 is 0 Å². The Labute approximate surface area is 142 Å². The first kappa shape index (κ1) is 17.8. The fraction of sp³-hybridized carbons (Fsp3) is 0.824. The lowest BCUT2D eigenvalue weighted by Gasteiger charge is -2.28. The maximum Gasteiger partial charge on any atom is 0.331 e. The third-order valence-corrected chi connectivity index (χ3v) is 4.08. The second-order valence-electron chi connectivity index (χ2n) is 7.56. The van der Waals surface area contributed by atoms with Crippen molar-refractivity contribution in [2.24, 2.45) is 0 Å². The Kier molecular flexibility index (Phi) is 4.51. The van der Waals surface area contributed by atoms with Crippen LogP contribution in [0.3, 0.4) is 0 Å². The molecule has 7 heteroatoms. The van der Waals surface area contributed by atoms with Gasteiger partial charge in [-0.3, -0.25) is 0 Å². The second kappa shape index (κ2) is 6.07. The minimum atomic E-state index is -0.784. The fourth-order valence-corrected chi connectivity index (χ4v) is 3.22. The van der Waals surface area contributed by atoms with Gasteiger partial charge in [0.2, 0.25) is 0 Å². The van der Waals surface area contributed by atoms with Crippen LogP contribution < -0.4 is 0 Å². The van der Waals surface area contributed by atoms with Gasteiger partial charge in [0.25, 0.3) is 0 Å². The van der Waals surface area contributed by atoms with Gasteiger partial charge in [-0.1, -0.05) is 5.57 Å². The monoisotopic (exact) mass is 342 g/mol. The molecule has 3 rings (SSSR count). The van der Waals surface area contributed by atoms with Gasteiger partial charge in [-0.2, -0.15) is 0 Å². The van der Waals surface area contributed by atoms with Crippen molar-refractivity contribution in [3.8, 4) is 0 Å². The highest BCUT2D eigenvalue weighted by Gasteiger charge is 2.59. The van der Waals surface area contributed by atoms with Crippen molar-refractivity contribution in [1.82, 2.24) is 0 Å². The van der Waals surface area contributed by atoms with Crippen LogP contribution in [0.2, 0.25) is 0 Å². The number of esters is 1. The van der Waals surface area contributed by atoms with E-state index in [4.69, 9.17) is 28.4 Å². The zero-order valence-corrected chi connectivity index (χ0v) is 15.0. The quantitative estimate of drug-likeness (QED) is 0.573. The van der Waals surface area contributed by atoms with Crippen molar-refractivity contribution in [3.05, 3.63) is 11.6 Å². The molecule has 0 aromatic rings. The molecule has 0 saturated carbocycles. The summed E-state index contributed by atoms with van der Waals surface area (Å²) in [7, 11) is 0. The highest BCUT2D eigenvalue weighted by molar-refractivity contribution is 5.82. The summed E-state index contributed by atoms with van der Waals surface area (Å²) in [5, 5.41) is 0. The van der Waals surface area contributed by atoms with Gasteiger partial charge in [0.05, 0.1) is 6.61 Å². The normalized spacial score (nSPS) is 39.5. The van der Waals surface area contributed by atoms with Crippen LogP contribution in [0.25, 0.3) is 0 Å². The molecule has 0 unspecified atom stereocenters. The average molecular weight is 342 g/mol. The van der Waals surface area contributed by atoms with E-state index in [0.29, 0.717) is 6.61 Å². The maximum absolute atomic E-state index is 12.1. The molecular weight excluding hydrogens is 316 g/mol. The van der Waals surface area contributed by atoms with Crippen LogP contribution in [0, 0.1) is 0 Å². The van der Waals surface area contributed by atoms with E-state index in [1.54, 1.807) is 13.8 Å². The lowest BCUT2D eigenvalue weighted by Crippen LogP contribution is -2.45. The summed E-state index contributed by atoms with van der Waals surface area (Å²) in [4.78, 5) is 12.1. The Morgan fingerprint density at radius 2 is 1.75 bits per heavy atom. The SMILES string of the molecule is CC(C)=CC(=O)O[C@@H]1[C@H]2OC(C)(C)O[C@H]2O[C@@H]1[C@H]1COC(C)(C)O1. The van der Waals surface area contributed by atoms with E-state index in [2.05, 4.69) is 0 Å². The summed E-state index contributed by atoms with van der Waals surface area (Å²) in [6.07, 6.45) is -1.13. The fourth-order valence-electron chi connectivity index (χ4n) is 3.22. The number of allylic oxidation sites excluding steroid dienone is 1. The number of carbonyl (C=O) groups excluding carboxylic acids is 1. The molecule has 0 N–H and O–H groups in total. The number of fused-ring (bicyclic) bond motifs is 1. The lowest BCUT2D eigenvalue weighted by atomic mass is 10.1. The van der Waals surface area contributed by atoms with Crippen molar-refractivity contribution in [1.29, 1.82) is 0 Å². The molecule has 136 valence electrons. The first-order chi connectivity index (χ1) is 11.1. The zero-order valence-electron chi connectivity index (χ0n) is 15.0. The van der Waals surface area contributed by atoms with Gasteiger partial charge >= 0.3 is 5.97 Å². The van der Waals surface area contributed by atoms with Crippen molar-refractivity contribution < 1.29 is 33.2 Å². The van der Waals surface area contributed by atoms with Crippen LogP contribution in [0.5, 0.6) is 0 Å². The Morgan fingerprint density at radius 1 is 1.04 bits per heavy atom. The zero-order chi connectivity index (χ0) is 17.7. The van der Waals surface area contributed by atoms with Crippen molar-refractivity contribution in [2.75, 3.05) is 6.61 Å². The van der Waals surface area contributed by atoms with Crippen molar-refractivity contribution in [2.45, 2.75) is 83.8 Å². The highest BCUT2D eigenvalue weighted by Crippen LogP contribution is 2.41. The Balaban J connectivity index is 1.78. The van der Waals surface area contributed by atoms with Crippen LogP contribution in [0.4, 0.5) is 0 Å². The number of ether oxygens (including phenoxy) is 6. The first-order valence-electron chi connectivity index (χ1n) is 8.25. The highest BCUT2D eigenvalue weighted by atomic mass is 16.8. The van der Waals surface area contributed by atoms with Crippen LogP contribution in [0.15, 0.2) is 11.6 Å². The minimum Gasteiger partial charge on any atom is -0.453 e. The second-order valence-corrected chi connectivity index (χ2v) is 7.56. The predicted molar refractivity (Wildman–Crippen MR) is 82.9 cm³/mol. The third kappa shape index (κ3) is 3.65. The molecule has 3 heterocycles. The number of carbonyl (C=O) groups is 1. The Morgan fingerprint density at radius 3 is 2.33 bits per heavy atom. The van der Waals surface area contributed by atoms with Crippen LogP contribution >= 0.6 is 0 Å². The van der Waals surface area contributed by atoms with E-state index in [1.807, 2.05) is 27.7 Å². The summed E-state index contributed by atoms with van der Waals surface area (Å²) < 4.78 is 34.7. The average Bonchev–Trinajstić information content (AvgIpc) is 3.00. The molecule has 3 fully saturated rings. The van der Waals surface area contributed by atoms with Gasteiger partial charge in [-0.15, -0.1) is 0 Å². The summed E-state index contributed by atoms with van der Waals surface area (Å²) in [5.74, 6) is -1.91. The molecule has 5 atom stereocenters. The van der Waals surface area contributed by atoms with Crippen LogP contribution in [-0.2, 0) is 33.2 Å². The molecule has 0 aromatic heterocycles. The summed E-state index contributed by atoms with van der Waals surface area (Å²) in [5.41, 5.74) is 0.859. The molecule has 3 aliphatic heterocycles. The van der Waals surface area contributed by atoms with E-state index in [1.165, 1.54) is 6.08 Å². The van der Waals surface area contributed by atoms with Gasteiger partial charge in [0.1, 0.15) is 12.2 Å². The summed E-state index contributed by atoms with van der Waals surface area (Å²) in [6.45, 7) is 11.3. The van der Waals surface area contributed by atoms with Crippen LogP contribution in [0.1, 0.15) is 41.5 Å². The largest absolute Gasteiger partial charge is 0.453 e. The van der Waals surface area contributed by atoms with E-state index in [9.17, 15) is 4.79 Å². The molecule has 7 nitrogen and oxygen atoms in total. The van der Waals surface area contributed by atoms with Gasteiger partial charge in [0.15, 0.2) is 30.1 Å². The first-order valence-corrected chi connectivity index (χ1v) is 8.25. The molecular formula is C17H26O7. The minimum absolute atomic E-state index is 0.356. The van der Waals surface area contributed by atoms with Gasteiger partial charge in [0, 0.05) is 6.08 Å². The molecule has 0 radical (unpaired) electrons. The molecule has 0 amide bonds. The molecule has 0 bridgehead atoms. The van der Waals surface area contributed by atoms with Crippen molar-refractivity contribution >= 4 is 5.97 Å². The van der Waals surface area contributed by atoms with E-state index < -0.39 is 42.1 Å². The van der Waals surface area contributed by atoms with Crippen LogP contribution in [-0.4, -0.2) is 54.9 Å². The number of rotatable bonds is 3. The standard InChI is InChI=1S/C17H26O7/c1-9(2)7-11(18)20-13-12(10-8-19-16(3,4)22-10)21-15-14(13)23-17(5,6)24-15/h7,10,12-15H,8H2,1-6H3/t10-,12-,13+,14-,15-/m1/s1. The Hall–Kier alpha value is -0.990. The van der Waals surface area contributed by atoms with Gasteiger partial charge in [-0.05, 0) is 41.5 Å². The molecule has 0 aliphatic carbocycles. The molecule has 3 saturated heterocycles. The molecule has 3 aliphatic rings. The van der Waals surface area contributed by atoms with E-state index in [0.717, 1.165) is 5.57 Å². The molecule has 0 spiro atoms. The number of hydrogen-bond donors (Lipinski definition) is 0. The van der Waals surface area contributed by atoms with Gasteiger partial charge < -0.3 is 28.4 Å². The van der Waals surface area contributed by atoms with Gasteiger partial charge in [-0.25, -0.2) is 4.79 Å². The summed E-state index contributed by atoms with van der Waals surface area (Å²) >= 11 is 0. The third-order valence-electron chi connectivity index (χ3n) is 4.08. The molecule has 0 aromatic carbocycles. The summed E-state index contributed by atoms with van der Waals surface area (Å²) in [6, 6.07) is 0. The topological polar surface area (TPSA) is 72.5 Å². The maximum atomic E-state index is 12.1. The number of hydrogen-bond acceptors (Lipinski definition) is 7.